The van der Waals surface area contributed by atoms with E-state index in [1.165, 1.54) is 0 Å². The van der Waals surface area contributed by atoms with E-state index in [2.05, 4.69) is 0 Å². The Morgan fingerprint density at radius 3 is 1.11 bits per heavy atom. The number of rotatable bonds is 11. The summed E-state index contributed by atoms with van der Waals surface area (Å²) in [5, 5.41) is 14.7. The largest absolute Gasteiger partial charge is 0.477 e. The van der Waals surface area contributed by atoms with Crippen molar-refractivity contribution in [2.45, 2.75) is 36.4 Å². The number of nitrogens with zero attached hydrogens (tertiary/aromatic N) is 2. The van der Waals surface area contributed by atoms with Crippen LogP contribution in [-0.2, 0) is 49.0 Å². The summed E-state index contributed by atoms with van der Waals surface area (Å²) in [6.07, 6.45) is -0.679. The van der Waals surface area contributed by atoms with E-state index in [-0.39, 0.29) is 47.3 Å². The quantitative estimate of drug-likeness (QED) is 0.0979. The van der Waals surface area contributed by atoms with Crippen LogP contribution >= 0.6 is 21.6 Å². The van der Waals surface area contributed by atoms with Crippen LogP contribution in [-0.4, -0.2) is 92.3 Å². The predicted octanol–water partition coefficient (Wildman–Crippen LogP) is -0.969. The van der Waals surface area contributed by atoms with E-state index >= 15 is 0 Å². The molecule has 4 N–H and O–H groups in total. The highest BCUT2D eigenvalue weighted by Crippen LogP contribution is 2.40. The molecule has 20 heteroatoms. The number of likely N-dealkylation sites (tertiary alicyclic amines) is 2. The summed E-state index contributed by atoms with van der Waals surface area (Å²) < 4.78 is 64.4. The Morgan fingerprint density at radius 1 is 0.667 bits per heavy atom. The lowest BCUT2D eigenvalue weighted by atomic mass is 10.4. The van der Waals surface area contributed by atoms with Gasteiger partial charge < -0.3 is 10.2 Å². The molecule has 0 aromatic heterocycles. The van der Waals surface area contributed by atoms with Gasteiger partial charge in [0, 0.05) is 25.7 Å². The van der Waals surface area contributed by atoms with Gasteiger partial charge in [-0.05, 0) is 12.2 Å². The molecule has 2 rings (SSSR count). The van der Waals surface area contributed by atoms with Gasteiger partial charge in [0.05, 0.1) is 0 Å². The zero-order valence-electron chi connectivity index (χ0n) is 17.5. The molecular formula is C16H16N2O14S4. The Morgan fingerprint density at radius 2 is 0.917 bits per heavy atom. The van der Waals surface area contributed by atoms with Crippen molar-refractivity contribution >= 4 is 77.4 Å². The average molecular weight is 589 g/mol. The number of hydrogen-bond donors (Lipinski definition) is 4. The van der Waals surface area contributed by atoms with Crippen LogP contribution in [0.2, 0.25) is 0 Å². The van der Waals surface area contributed by atoms with E-state index in [1.807, 2.05) is 0 Å². The van der Waals surface area contributed by atoms with Gasteiger partial charge in [-0.15, -0.1) is 0 Å². The molecule has 0 aliphatic carbocycles. The normalized spacial score (nSPS) is 19.7. The summed E-state index contributed by atoms with van der Waals surface area (Å²) in [6.45, 7) is 0. The van der Waals surface area contributed by atoms with Crippen LogP contribution in [0.3, 0.4) is 0 Å². The Kier molecular flexibility index (Phi) is 9.07. The number of imide groups is 2. The van der Waals surface area contributed by atoms with Crippen molar-refractivity contribution in [3.8, 4) is 0 Å². The minimum absolute atomic E-state index is 0.277. The van der Waals surface area contributed by atoms with E-state index in [4.69, 9.17) is 10.2 Å². The van der Waals surface area contributed by atoms with Gasteiger partial charge in [0.2, 0.25) is 23.6 Å². The third-order valence-corrected chi connectivity index (χ3v) is 8.96. The van der Waals surface area contributed by atoms with Crippen LogP contribution < -0.4 is 0 Å². The van der Waals surface area contributed by atoms with E-state index < -0.39 is 76.4 Å². The van der Waals surface area contributed by atoms with Gasteiger partial charge >= 0.3 is 32.2 Å². The van der Waals surface area contributed by atoms with E-state index in [0.29, 0.717) is 22.0 Å². The number of carbonyl (C=O) groups excluding carboxylic acids is 4. The van der Waals surface area contributed by atoms with Gasteiger partial charge in [-0.25, -0.2) is 9.59 Å². The zero-order valence-corrected chi connectivity index (χ0v) is 20.8. The van der Waals surface area contributed by atoms with Gasteiger partial charge in [-0.1, -0.05) is 21.6 Å². The predicted molar refractivity (Wildman–Crippen MR) is 119 cm³/mol. The minimum Gasteiger partial charge on any atom is -0.477 e. The molecule has 0 aromatic carbocycles. The number of hydrogen-bond acceptors (Lipinski definition) is 12. The fourth-order valence-electron chi connectivity index (χ4n) is 2.95. The highest BCUT2D eigenvalue weighted by atomic mass is 33.1. The van der Waals surface area contributed by atoms with Gasteiger partial charge in [-0.2, -0.15) is 16.8 Å². The Balaban J connectivity index is 2.59. The first-order chi connectivity index (χ1) is 16.4. The molecule has 2 aliphatic heterocycles. The number of carbonyl (C=O) groups is 6. The topological polar surface area (TPSA) is 258 Å². The molecule has 2 atom stereocenters. The Hall–Kier alpha value is -2.78. The van der Waals surface area contributed by atoms with Crippen molar-refractivity contribution in [1.29, 1.82) is 0 Å². The second kappa shape index (κ2) is 11.1. The fraction of sp³-hybridized carbons (Fsp3) is 0.375. The fourth-order valence-corrected chi connectivity index (χ4v) is 6.96. The standard InChI is InChI=1S/C16H16N2O14S4/c19-9-1-2-10(20)17(9)13(5-7(15(23)24)35(27,28)29)33-34-14(18-11(21)3-4-12(18)22)6-8(16(25)26)36(30,31)32/h5-6,13-14H,1-4H2,(H,23,24)(H,25,26)(H,27,28,29)(H,30,31,32). The van der Waals surface area contributed by atoms with Gasteiger partial charge in [0.25, 0.3) is 0 Å². The van der Waals surface area contributed by atoms with Crippen molar-refractivity contribution < 1.29 is 64.9 Å². The minimum atomic E-state index is -5.38. The summed E-state index contributed by atoms with van der Waals surface area (Å²) in [5.74, 6) is -7.82. The lowest BCUT2D eigenvalue weighted by Gasteiger charge is -2.27. The molecule has 16 nitrogen and oxygen atoms in total. The van der Waals surface area contributed by atoms with Crippen molar-refractivity contribution in [2.24, 2.45) is 0 Å². The third-order valence-electron chi connectivity index (χ3n) is 4.51. The molecule has 2 aliphatic rings. The first-order valence-corrected chi connectivity index (χ1v) is 14.5. The maximum absolute atomic E-state index is 12.2. The lowest BCUT2D eigenvalue weighted by Crippen LogP contribution is -2.39. The van der Waals surface area contributed by atoms with E-state index in [0.717, 1.165) is 0 Å². The molecule has 198 valence electrons. The Bertz CT molecular complexity index is 1170. The molecule has 2 unspecified atom stereocenters. The molecule has 0 saturated carbocycles. The summed E-state index contributed by atoms with van der Waals surface area (Å²) >= 11 is 0. The van der Waals surface area contributed by atoms with Gasteiger partial charge in [-0.3, -0.25) is 38.1 Å². The van der Waals surface area contributed by atoms with Crippen molar-refractivity contribution in [3.05, 3.63) is 22.0 Å². The van der Waals surface area contributed by atoms with E-state index in [9.17, 15) is 54.7 Å². The maximum Gasteiger partial charge on any atom is 0.349 e. The highest BCUT2D eigenvalue weighted by Gasteiger charge is 2.40. The van der Waals surface area contributed by atoms with Crippen LogP contribution in [0.25, 0.3) is 0 Å². The SMILES string of the molecule is O=C(O)C(=CC(SSC(C=C(C(=O)O)S(=O)(=O)O)N1C(=O)CCC1=O)N1C(=O)CCC1=O)S(=O)(=O)O. The Labute approximate surface area is 210 Å². The van der Waals surface area contributed by atoms with Crippen molar-refractivity contribution in [1.82, 2.24) is 9.80 Å². The summed E-state index contributed by atoms with van der Waals surface area (Å²) in [4.78, 5) is 69.1. The maximum atomic E-state index is 12.2. The second-order valence-corrected chi connectivity index (χ2v) is 12.2. The number of carboxylic acid groups (broad SMARTS) is 2. The molecule has 36 heavy (non-hydrogen) atoms. The molecule has 2 fully saturated rings. The van der Waals surface area contributed by atoms with Crippen LogP contribution in [0.1, 0.15) is 25.7 Å². The smallest absolute Gasteiger partial charge is 0.349 e. The summed E-state index contributed by atoms with van der Waals surface area (Å²) in [5.41, 5.74) is 0. The molecule has 0 bridgehead atoms. The zero-order chi connectivity index (χ0) is 27.6. The molecule has 4 amide bonds. The monoisotopic (exact) mass is 588 g/mol. The van der Waals surface area contributed by atoms with Crippen LogP contribution in [0.5, 0.6) is 0 Å². The number of amides is 4. The molecule has 0 radical (unpaired) electrons. The molecule has 2 saturated heterocycles. The highest BCUT2D eigenvalue weighted by molar-refractivity contribution is 8.77. The third kappa shape index (κ3) is 6.91. The lowest BCUT2D eigenvalue weighted by molar-refractivity contribution is -0.140. The molecule has 0 aromatic rings. The number of aliphatic carboxylic acids is 2. The van der Waals surface area contributed by atoms with Gasteiger partial charge in [0.1, 0.15) is 10.7 Å². The first-order valence-electron chi connectivity index (χ1n) is 9.32. The van der Waals surface area contributed by atoms with E-state index in [1.54, 1.807) is 0 Å². The van der Waals surface area contributed by atoms with Gasteiger partial charge in [0.15, 0.2) is 9.81 Å². The van der Waals surface area contributed by atoms with Crippen LogP contribution in [0.4, 0.5) is 0 Å². The first kappa shape index (κ1) is 29.5. The molecule has 0 spiro atoms. The molecular weight excluding hydrogens is 572 g/mol. The van der Waals surface area contributed by atoms with Crippen LogP contribution in [0.15, 0.2) is 22.0 Å². The molecule has 2 heterocycles. The van der Waals surface area contributed by atoms with Crippen LogP contribution in [0, 0.1) is 0 Å². The summed E-state index contributed by atoms with van der Waals surface area (Å²) in [7, 11) is -10.2. The average Bonchev–Trinajstić information content (AvgIpc) is 3.22. The van der Waals surface area contributed by atoms with Crippen molar-refractivity contribution in [3.63, 3.8) is 0 Å². The summed E-state index contributed by atoms with van der Waals surface area (Å²) in [6, 6.07) is 0. The van der Waals surface area contributed by atoms with Crippen molar-refractivity contribution in [2.75, 3.05) is 0 Å². The second-order valence-electron chi connectivity index (χ2n) is 6.91. The number of carboxylic acids is 2.